The summed E-state index contributed by atoms with van der Waals surface area (Å²) in [6.45, 7) is 2.12. The van der Waals surface area contributed by atoms with Gasteiger partial charge in [-0.25, -0.2) is 0 Å². The number of unbranched alkanes of at least 4 members (excludes halogenated alkanes) is 3. The highest BCUT2D eigenvalue weighted by Gasteiger charge is 2.32. The highest BCUT2D eigenvalue weighted by molar-refractivity contribution is 5.66. The summed E-state index contributed by atoms with van der Waals surface area (Å²) < 4.78 is 0. The second-order valence-electron chi connectivity index (χ2n) is 6.56. The van der Waals surface area contributed by atoms with Crippen LogP contribution in [0, 0.1) is 11.8 Å². The van der Waals surface area contributed by atoms with Crippen molar-refractivity contribution in [3.05, 3.63) is 12.2 Å². The zero-order valence-corrected chi connectivity index (χ0v) is 13.8. The van der Waals surface area contributed by atoms with Crippen LogP contribution >= 0.6 is 0 Å². The van der Waals surface area contributed by atoms with Gasteiger partial charge >= 0.3 is 5.97 Å². The molecule has 4 nitrogen and oxygen atoms in total. The number of hydrogen-bond acceptors (Lipinski definition) is 3. The van der Waals surface area contributed by atoms with Gasteiger partial charge in [0.2, 0.25) is 0 Å². The first-order valence-electron chi connectivity index (χ1n) is 8.80. The SMILES string of the molecule is CCCCC(O)C=CC1CCC(O)C1CCCCCC(=O)O. The molecular formula is C18H32O4. The molecule has 4 atom stereocenters. The van der Waals surface area contributed by atoms with E-state index >= 15 is 0 Å². The standard InChI is InChI=1S/C18H32O4/c1-2-3-7-15(19)12-10-14-11-13-17(20)16(14)8-5-4-6-9-18(21)22/h10,12,14-17,19-20H,2-9,11,13H2,1H3,(H,21,22). The Morgan fingerprint density at radius 3 is 2.68 bits per heavy atom. The van der Waals surface area contributed by atoms with Crippen molar-refractivity contribution in [1.29, 1.82) is 0 Å². The van der Waals surface area contributed by atoms with Gasteiger partial charge in [-0.15, -0.1) is 0 Å². The molecule has 0 bridgehead atoms. The molecule has 1 aliphatic rings. The van der Waals surface area contributed by atoms with E-state index in [0.29, 0.717) is 12.3 Å². The van der Waals surface area contributed by atoms with Crippen LogP contribution in [0.4, 0.5) is 0 Å². The molecule has 0 radical (unpaired) electrons. The topological polar surface area (TPSA) is 77.8 Å². The number of hydrogen-bond donors (Lipinski definition) is 3. The smallest absolute Gasteiger partial charge is 0.303 e. The molecule has 1 fully saturated rings. The number of aliphatic hydroxyl groups is 2. The third-order valence-corrected chi connectivity index (χ3v) is 4.70. The Labute approximate surface area is 134 Å². The van der Waals surface area contributed by atoms with Gasteiger partial charge in [0.15, 0.2) is 0 Å². The summed E-state index contributed by atoms with van der Waals surface area (Å²) >= 11 is 0. The quantitative estimate of drug-likeness (QED) is 0.403. The van der Waals surface area contributed by atoms with Gasteiger partial charge in [-0.05, 0) is 43.9 Å². The predicted molar refractivity (Wildman–Crippen MR) is 87.6 cm³/mol. The largest absolute Gasteiger partial charge is 0.481 e. The van der Waals surface area contributed by atoms with Crippen LogP contribution in [0.2, 0.25) is 0 Å². The summed E-state index contributed by atoms with van der Waals surface area (Å²) in [7, 11) is 0. The van der Waals surface area contributed by atoms with E-state index in [-0.39, 0.29) is 24.5 Å². The minimum absolute atomic E-state index is 0.236. The van der Waals surface area contributed by atoms with Gasteiger partial charge < -0.3 is 15.3 Å². The second-order valence-corrected chi connectivity index (χ2v) is 6.56. The monoisotopic (exact) mass is 312 g/mol. The molecule has 0 aromatic heterocycles. The first-order valence-corrected chi connectivity index (χ1v) is 8.80. The van der Waals surface area contributed by atoms with Crippen LogP contribution in [0.15, 0.2) is 12.2 Å². The van der Waals surface area contributed by atoms with Gasteiger partial charge in [0, 0.05) is 6.42 Å². The number of allylic oxidation sites excluding steroid dienone is 1. The molecule has 128 valence electrons. The predicted octanol–water partition coefficient (Wildman–Crippen LogP) is 3.52. The van der Waals surface area contributed by atoms with Crippen LogP contribution in [-0.2, 0) is 4.79 Å². The van der Waals surface area contributed by atoms with Crippen molar-refractivity contribution in [3.63, 3.8) is 0 Å². The van der Waals surface area contributed by atoms with Gasteiger partial charge in [0.1, 0.15) is 0 Å². The molecule has 0 heterocycles. The van der Waals surface area contributed by atoms with Gasteiger partial charge in [0.05, 0.1) is 12.2 Å². The number of rotatable bonds is 11. The number of carbonyl (C=O) groups is 1. The van der Waals surface area contributed by atoms with Crippen molar-refractivity contribution in [2.45, 2.75) is 83.3 Å². The van der Waals surface area contributed by atoms with Crippen LogP contribution in [0.3, 0.4) is 0 Å². The molecule has 0 aromatic carbocycles. The fourth-order valence-electron chi connectivity index (χ4n) is 3.34. The van der Waals surface area contributed by atoms with E-state index in [0.717, 1.165) is 51.4 Å². The lowest BCUT2D eigenvalue weighted by molar-refractivity contribution is -0.137. The maximum Gasteiger partial charge on any atom is 0.303 e. The molecule has 1 saturated carbocycles. The maximum atomic E-state index is 10.5. The molecule has 0 spiro atoms. The lowest BCUT2D eigenvalue weighted by Crippen LogP contribution is -2.18. The number of carboxylic acid groups (broad SMARTS) is 1. The molecule has 3 N–H and O–H groups in total. The fraction of sp³-hybridized carbons (Fsp3) is 0.833. The van der Waals surface area contributed by atoms with Crippen LogP contribution in [-0.4, -0.2) is 33.5 Å². The Hall–Kier alpha value is -0.870. The first-order chi connectivity index (χ1) is 10.5. The number of aliphatic hydroxyl groups excluding tert-OH is 2. The molecule has 0 aliphatic heterocycles. The molecule has 4 unspecified atom stereocenters. The molecule has 4 heteroatoms. The average Bonchev–Trinajstić information content (AvgIpc) is 2.83. The van der Waals surface area contributed by atoms with E-state index in [1.807, 2.05) is 6.08 Å². The molecule has 22 heavy (non-hydrogen) atoms. The van der Waals surface area contributed by atoms with Crippen molar-refractivity contribution in [1.82, 2.24) is 0 Å². The summed E-state index contributed by atoms with van der Waals surface area (Å²) in [6.07, 6.45) is 11.9. The van der Waals surface area contributed by atoms with Gasteiger partial charge in [-0.1, -0.05) is 44.8 Å². The van der Waals surface area contributed by atoms with Gasteiger partial charge in [-0.3, -0.25) is 4.79 Å². The van der Waals surface area contributed by atoms with E-state index in [9.17, 15) is 15.0 Å². The third-order valence-electron chi connectivity index (χ3n) is 4.70. The Morgan fingerprint density at radius 2 is 2.00 bits per heavy atom. The second kappa shape index (κ2) is 10.8. The normalized spacial score (nSPS) is 26.6. The Balaban J connectivity index is 2.32. The summed E-state index contributed by atoms with van der Waals surface area (Å²) in [6, 6.07) is 0. The van der Waals surface area contributed by atoms with Crippen LogP contribution in [0.1, 0.15) is 71.1 Å². The summed E-state index contributed by atoms with van der Waals surface area (Å²) in [5, 5.41) is 28.6. The van der Waals surface area contributed by atoms with Crippen molar-refractivity contribution < 1.29 is 20.1 Å². The van der Waals surface area contributed by atoms with Crippen molar-refractivity contribution in [3.8, 4) is 0 Å². The molecular weight excluding hydrogens is 280 g/mol. The van der Waals surface area contributed by atoms with E-state index < -0.39 is 5.97 Å². The Kier molecular flexibility index (Phi) is 9.41. The zero-order chi connectivity index (χ0) is 16.4. The average molecular weight is 312 g/mol. The minimum Gasteiger partial charge on any atom is -0.481 e. The van der Waals surface area contributed by atoms with E-state index in [2.05, 4.69) is 13.0 Å². The lowest BCUT2D eigenvalue weighted by Gasteiger charge is -2.20. The van der Waals surface area contributed by atoms with Gasteiger partial charge in [-0.2, -0.15) is 0 Å². The lowest BCUT2D eigenvalue weighted by atomic mass is 9.88. The number of aliphatic carboxylic acids is 1. The van der Waals surface area contributed by atoms with E-state index in [1.165, 1.54) is 0 Å². The van der Waals surface area contributed by atoms with Crippen molar-refractivity contribution >= 4 is 5.97 Å². The molecule has 0 amide bonds. The molecule has 1 aliphatic carbocycles. The summed E-state index contributed by atoms with van der Waals surface area (Å²) in [5.41, 5.74) is 0. The minimum atomic E-state index is -0.734. The van der Waals surface area contributed by atoms with E-state index in [4.69, 9.17) is 5.11 Å². The molecule has 1 rings (SSSR count). The third kappa shape index (κ3) is 7.41. The van der Waals surface area contributed by atoms with E-state index in [1.54, 1.807) is 0 Å². The Bertz CT molecular complexity index is 340. The van der Waals surface area contributed by atoms with Crippen molar-refractivity contribution in [2.75, 3.05) is 0 Å². The van der Waals surface area contributed by atoms with Gasteiger partial charge in [0.25, 0.3) is 0 Å². The van der Waals surface area contributed by atoms with Crippen LogP contribution < -0.4 is 0 Å². The zero-order valence-electron chi connectivity index (χ0n) is 13.8. The highest BCUT2D eigenvalue weighted by Crippen LogP contribution is 2.36. The summed E-state index contributed by atoms with van der Waals surface area (Å²) in [4.78, 5) is 10.5. The molecule has 0 saturated heterocycles. The first kappa shape index (κ1) is 19.2. The fourth-order valence-corrected chi connectivity index (χ4v) is 3.34. The highest BCUT2D eigenvalue weighted by atomic mass is 16.4. The maximum absolute atomic E-state index is 10.5. The number of carboxylic acids is 1. The van der Waals surface area contributed by atoms with Crippen LogP contribution in [0.25, 0.3) is 0 Å². The summed E-state index contributed by atoms with van der Waals surface area (Å²) in [5.74, 6) is -0.118. The Morgan fingerprint density at radius 1 is 1.23 bits per heavy atom. The molecule has 0 aromatic rings. The van der Waals surface area contributed by atoms with Crippen molar-refractivity contribution in [2.24, 2.45) is 11.8 Å². The van der Waals surface area contributed by atoms with Crippen LogP contribution in [0.5, 0.6) is 0 Å².